The third-order valence-corrected chi connectivity index (χ3v) is 12.1. The minimum absolute atomic E-state index is 0.0739. The van der Waals surface area contributed by atoms with Gasteiger partial charge in [0.05, 0.1) is 0 Å². The van der Waals surface area contributed by atoms with E-state index in [2.05, 4.69) is 57.2 Å². The van der Waals surface area contributed by atoms with Gasteiger partial charge in [-0.3, -0.25) is 14.4 Å². The fraction of sp³-hybridized carbons (Fsp3) is 0.842. The molecule has 63 heavy (non-hydrogen) atoms. The van der Waals surface area contributed by atoms with Gasteiger partial charge < -0.3 is 14.2 Å². The second kappa shape index (κ2) is 52.3. The maximum atomic E-state index is 12.7. The Morgan fingerprint density at radius 2 is 0.571 bits per heavy atom. The average molecular weight is 885 g/mol. The number of hydrogen-bond donors (Lipinski definition) is 0. The molecule has 0 N–H and O–H groups in total. The Morgan fingerprint density at radius 3 is 0.889 bits per heavy atom. The summed E-state index contributed by atoms with van der Waals surface area (Å²) in [5.41, 5.74) is 0. The normalized spacial score (nSPS) is 12.2. The smallest absolute Gasteiger partial charge is 0.306 e. The Bertz CT molecular complexity index is 1060. The van der Waals surface area contributed by atoms with Crippen molar-refractivity contribution >= 4 is 17.9 Å². The van der Waals surface area contributed by atoms with Crippen LogP contribution in [-0.4, -0.2) is 37.2 Å². The minimum Gasteiger partial charge on any atom is -0.462 e. The molecule has 0 aliphatic heterocycles. The molecular formula is C57H104O6. The highest BCUT2D eigenvalue weighted by molar-refractivity contribution is 5.71. The molecular weight excluding hydrogens is 781 g/mol. The maximum absolute atomic E-state index is 12.7. The third kappa shape index (κ3) is 50.5. The molecule has 368 valence electrons. The van der Waals surface area contributed by atoms with Gasteiger partial charge in [-0.15, -0.1) is 0 Å². The van der Waals surface area contributed by atoms with E-state index in [1.807, 2.05) is 0 Å². The fourth-order valence-corrected chi connectivity index (χ4v) is 7.94. The Labute approximate surface area is 391 Å². The van der Waals surface area contributed by atoms with Gasteiger partial charge in [-0.05, 0) is 77.0 Å². The molecule has 0 radical (unpaired) electrons. The summed E-state index contributed by atoms with van der Waals surface area (Å²) < 4.78 is 16.7. The second-order valence-electron chi connectivity index (χ2n) is 18.5. The molecule has 0 rings (SSSR count). The first-order chi connectivity index (χ1) is 31.0. The Morgan fingerprint density at radius 1 is 0.317 bits per heavy atom. The summed E-state index contributed by atoms with van der Waals surface area (Å²) >= 11 is 0. The molecule has 0 amide bonds. The van der Waals surface area contributed by atoms with Crippen LogP contribution in [0.5, 0.6) is 0 Å². The first kappa shape index (κ1) is 60.6. The van der Waals surface area contributed by atoms with Gasteiger partial charge >= 0.3 is 17.9 Å². The van der Waals surface area contributed by atoms with Crippen molar-refractivity contribution in [2.45, 2.75) is 297 Å². The van der Waals surface area contributed by atoms with E-state index >= 15 is 0 Å². The van der Waals surface area contributed by atoms with Gasteiger partial charge in [-0.25, -0.2) is 0 Å². The van der Waals surface area contributed by atoms with Crippen LogP contribution < -0.4 is 0 Å². The van der Waals surface area contributed by atoms with Crippen molar-refractivity contribution in [3.05, 3.63) is 36.5 Å². The first-order valence-electron chi connectivity index (χ1n) is 27.5. The van der Waals surface area contributed by atoms with Gasteiger partial charge in [-0.2, -0.15) is 0 Å². The van der Waals surface area contributed by atoms with Crippen LogP contribution in [-0.2, 0) is 28.6 Å². The van der Waals surface area contributed by atoms with Gasteiger partial charge in [0, 0.05) is 19.3 Å². The molecule has 0 aliphatic rings. The Hall–Kier alpha value is -2.37. The van der Waals surface area contributed by atoms with E-state index in [0.29, 0.717) is 19.3 Å². The summed E-state index contributed by atoms with van der Waals surface area (Å²) in [7, 11) is 0. The number of unbranched alkanes of at least 4 members (excludes halogenated alkanes) is 33. The molecule has 6 nitrogen and oxygen atoms in total. The van der Waals surface area contributed by atoms with Gasteiger partial charge in [-0.1, -0.05) is 231 Å². The summed E-state index contributed by atoms with van der Waals surface area (Å²) in [5.74, 6) is -0.887. The summed E-state index contributed by atoms with van der Waals surface area (Å²) in [6.07, 6.45) is 61.8. The molecule has 0 fully saturated rings. The van der Waals surface area contributed by atoms with Crippen molar-refractivity contribution in [2.24, 2.45) is 0 Å². The molecule has 1 atom stereocenters. The molecule has 0 saturated carbocycles. The van der Waals surface area contributed by atoms with Gasteiger partial charge in [0.1, 0.15) is 13.2 Å². The van der Waals surface area contributed by atoms with Crippen molar-refractivity contribution in [3.8, 4) is 0 Å². The number of allylic oxidation sites excluding steroid dienone is 6. The molecule has 0 aromatic heterocycles. The quantitative estimate of drug-likeness (QED) is 0.0262. The zero-order valence-corrected chi connectivity index (χ0v) is 42.1. The van der Waals surface area contributed by atoms with E-state index in [-0.39, 0.29) is 31.1 Å². The fourth-order valence-electron chi connectivity index (χ4n) is 7.94. The SMILES string of the molecule is CCCCCCC/C=C\C/C=C\CCCCCCCCCCCCCCCC(=O)OCC(COC(=O)CCCCCCC)OC(=O)CCCCCCC/C=C\CCCCCCCC. The highest BCUT2D eigenvalue weighted by atomic mass is 16.6. The molecule has 0 spiro atoms. The molecule has 6 heteroatoms. The van der Waals surface area contributed by atoms with Crippen molar-refractivity contribution < 1.29 is 28.6 Å². The van der Waals surface area contributed by atoms with E-state index < -0.39 is 6.10 Å². The van der Waals surface area contributed by atoms with Crippen LogP contribution in [0.15, 0.2) is 36.5 Å². The molecule has 0 aromatic rings. The highest BCUT2D eigenvalue weighted by Gasteiger charge is 2.19. The van der Waals surface area contributed by atoms with Crippen molar-refractivity contribution in [3.63, 3.8) is 0 Å². The lowest BCUT2D eigenvalue weighted by Gasteiger charge is -2.18. The van der Waals surface area contributed by atoms with E-state index in [1.165, 1.54) is 173 Å². The van der Waals surface area contributed by atoms with Crippen LogP contribution in [0.25, 0.3) is 0 Å². The van der Waals surface area contributed by atoms with Crippen molar-refractivity contribution in [1.29, 1.82) is 0 Å². The molecule has 0 heterocycles. The molecule has 1 unspecified atom stereocenters. The molecule has 0 saturated heterocycles. The largest absolute Gasteiger partial charge is 0.462 e. The van der Waals surface area contributed by atoms with Crippen molar-refractivity contribution in [2.75, 3.05) is 13.2 Å². The highest BCUT2D eigenvalue weighted by Crippen LogP contribution is 2.16. The lowest BCUT2D eigenvalue weighted by Crippen LogP contribution is -2.30. The van der Waals surface area contributed by atoms with Crippen LogP contribution in [0.1, 0.15) is 290 Å². The number of carbonyl (C=O) groups excluding carboxylic acids is 3. The summed E-state index contributed by atoms with van der Waals surface area (Å²) in [6, 6.07) is 0. The number of ether oxygens (including phenoxy) is 3. The number of rotatable bonds is 50. The Balaban J connectivity index is 4.05. The van der Waals surface area contributed by atoms with E-state index in [1.54, 1.807) is 0 Å². The van der Waals surface area contributed by atoms with Crippen LogP contribution >= 0.6 is 0 Å². The molecule has 0 aromatic carbocycles. The zero-order valence-electron chi connectivity index (χ0n) is 42.1. The summed E-state index contributed by atoms with van der Waals surface area (Å²) in [6.45, 7) is 6.56. The van der Waals surface area contributed by atoms with Crippen LogP contribution in [0.4, 0.5) is 0 Å². The lowest BCUT2D eigenvalue weighted by molar-refractivity contribution is -0.167. The van der Waals surface area contributed by atoms with E-state index in [9.17, 15) is 14.4 Å². The molecule has 0 bridgehead atoms. The van der Waals surface area contributed by atoms with Crippen molar-refractivity contribution in [1.82, 2.24) is 0 Å². The lowest BCUT2D eigenvalue weighted by atomic mass is 10.0. The van der Waals surface area contributed by atoms with Gasteiger partial charge in [0.15, 0.2) is 6.10 Å². The number of esters is 3. The van der Waals surface area contributed by atoms with E-state index in [0.717, 1.165) is 77.0 Å². The second-order valence-corrected chi connectivity index (χ2v) is 18.5. The van der Waals surface area contributed by atoms with Gasteiger partial charge in [0.2, 0.25) is 0 Å². The standard InChI is InChI=1S/C57H104O6/c1-4-7-10-13-15-17-19-21-23-24-25-26-27-28-29-30-31-32-34-35-37-39-41-44-47-50-56(59)62-53-54(52-61-55(58)49-46-43-12-9-6-3)63-57(60)51-48-45-42-40-38-36-33-22-20-18-16-14-11-8-5-2/h19,21-22,24-25,33,54H,4-18,20,23,26-32,34-53H2,1-3H3/b21-19-,25-24-,33-22-. The summed E-state index contributed by atoms with van der Waals surface area (Å²) in [5, 5.41) is 0. The molecule has 0 aliphatic carbocycles. The third-order valence-electron chi connectivity index (χ3n) is 12.1. The number of carbonyl (C=O) groups is 3. The maximum Gasteiger partial charge on any atom is 0.306 e. The topological polar surface area (TPSA) is 78.9 Å². The summed E-state index contributed by atoms with van der Waals surface area (Å²) in [4.78, 5) is 37.7. The predicted molar refractivity (Wildman–Crippen MR) is 270 cm³/mol. The van der Waals surface area contributed by atoms with E-state index in [4.69, 9.17) is 14.2 Å². The first-order valence-corrected chi connectivity index (χ1v) is 27.5. The van der Waals surface area contributed by atoms with Crippen LogP contribution in [0, 0.1) is 0 Å². The predicted octanol–water partition coefficient (Wildman–Crippen LogP) is 18.1. The average Bonchev–Trinajstić information content (AvgIpc) is 3.28. The van der Waals surface area contributed by atoms with Crippen LogP contribution in [0.3, 0.4) is 0 Å². The number of hydrogen-bond acceptors (Lipinski definition) is 6. The zero-order chi connectivity index (χ0) is 45.8. The monoisotopic (exact) mass is 885 g/mol. The Kier molecular flexibility index (Phi) is 50.3. The van der Waals surface area contributed by atoms with Gasteiger partial charge in [0.25, 0.3) is 0 Å². The van der Waals surface area contributed by atoms with Crippen LogP contribution in [0.2, 0.25) is 0 Å². The minimum atomic E-state index is -0.770.